The minimum Gasteiger partial charge on any atom is -0.468 e. The van der Waals surface area contributed by atoms with Gasteiger partial charge in [0.05, 0.1) is 17.5 Å². The van der Waals surface area contributed by atoms with Crippen LogP contribution in [0.3, 0.4) is 0 Å². The van der Waals surface area contributed by atoms with Gasteiger partial charge in [-0.2, -0.15) is 4.72 Å². The fraction of sp³-hybridized carbons (Fsp3) is 0.562. The number of hydroxylamine groups is 2. The highest BCUT2D eigenvalue weighted by atomic mass is 32.2. The van der Waals surface area contributed by atoms with Crippen LogP contribution in [-0.2, 0) is 30.3 Å². The van der Waals surface area contributed by atoms with Gasteiger partial charge in [-0.1, -0.05) is 12.1 Å². The van der Waals surface area contributed by atoms with Crippen molar-refractivity contribution in [2.24, 2.45) is 0 Å². The molecule has 1 unspecified atom stereocenters. The van der Waals surface area contributed by atoms with E-state index in [9.17, 15) is 18.4 Å². The Kier molecular flexibility index (Phi) is 5.06. The molecule has 133 valence electrons. The van der Waals surface area contributed by atoms with Crippen molar-refractivity contribution in [2.75, 3.05) is 13.7 Å². The fourth-order valence-electron chi connectivity index (χ4n) is 2.99. The van der Waals surface area contributed by atoms with Gasteiger partial charge in [-0.05, 0) is 51.3 Å². The largest absolute Gasteiger partial charge is 0.468 e. The Morgan fingerprint density at radius 2 is 1.96 bits per heavy atom. The monoisotopic (exact) mass is 355 g/mol. The molecule has 1 aromatic carbocycles. The smallest absolute Gasteiger partial charge is 0.320 e. The molecule has 1 radical (unpaired) electrons. The molecule has 0 spiro atoms. The molecule has 0 saturated carbocycles. The topological polar surface area (TPSA) is 95.6 Å². The number of benzene rings is 1. The summed E-state index contributed by atoms with van der Waals surface area (Å²) in [6, 6.07) is 6.28. The SMILES string of the molecule is COC(=O)CNS(=O)(=O)c1cccc(C2(C)CCC(C)(C)N2[O])c1. The number of nitrogens with zero attached hydrogens (tertiary/aromatic N) is 1. The molecule has 1 aliphatic rings. The number of ether oxygens (including phenoxy) is 1. The Morgan fingerprint density at radius 3 is 2.50 bits per heavy atom. The molecule has 1 heterocycles. The van der Waals surface area contributed by atoms with Crippen LogP contribution in [-0.4, -0.2) is 38.6 Å². The summed E-state index contributed by atoms with van der Waals surface area (Å²) in [6.45, 7) is 5.14. The lowest BCUT2D eigenvalue weighted by Gasteiger charge is -2.35. The van der Waals surface area contributed by atoms with Crippen LogP contribution in [0.25, 0.3) is 0 Å². The number of methoxy groups -OCH3 is 1. The van der Waals surface area contributed by atoms with Crippen LogP contribution in [0.4, 0.5) is 0 Å². The molecule has 24 heavy (non-hydrogen) atoms. The van der Waals surface area contributed by atoms with E-state index in [1.165, 1.54) is 19.2 Å². The van der Waals surface area contributed by atoms with E-state index >= 15 is 0 Å². The van der Waals surface area contributed by atoms with Crippen molar-refractivity contribution in [2.45, 2.75) is 49.6 Å². The number of hydrogen-bond acceptors (Lipinski definition) is 5. The zero-order valence-electron chi connectivity index (χ0n) is 14.3. The van der Waals surface area contributed by atoms with Crippen molar-refractivity contribution in [3.63, 3.8) is 0 Å². The van der Waals surface area contributed by atoms with Crippen LogP contribution in [0, 0.1) is 0 Å². The van der Waals surface area contributed by atoms with Gasteiger partial charge in [0, 0.05) is 5.54 Å². The fourth-order valence-corrected chi connectivity index (χ4v) is 4.00. The molecule has 0 bridgehead atoms. The van der Waals surface area contributed by atoms with Gasteiger partial charge in [-0.25, -0.2) is 8.42 Å². The average Bonchev–Trinajstić information content (AvgIpc) is 2.77. The van der Waals surface area contributed by atoms with Gasteiger partial charge in [0.25, 0.3) is 0 Å². The Balaban J connectivity index is 2.31. The second-order valence-electron chi connectivity index (χ2n) is 6.81. The van der Waals surface area contributed by atoms with Gasteiger partial charge in [0.15, 0.2) is 0 Å². The summed E-state index contributed by atoms with van der Waals surface area (Å²) in [5.74, 6) is -0.676. The van der Waals surface area contributed by atoms with Crippen molar-refractivity contribution in [1.29, 1.82) is 0 Å². The van der Waals surface area contributed by atoms with E-state index in [0.717, 1.165) is 11.5 Å². The minimum absolute atomic E-state index is 0.0169. The molecule has 1 N–H and O–H groups in total. The number of carbonyl (C=O) groups is 1. The summed E-state index contributed by atoms with van der Waals surface area (Å²) < 4.78 is 31.3. The summed E-state index contributed by atoms with van der Waals surface area (Å²) >= 11 is 0. The van der Waals surface area contributed by atoms with Crippen LogP contribution in [0.5, 0.6) is 0 Å². The zero-order chi connectivity index (χ0) is 18.2. The Bertz CT molecular complexity index is 732. The third-order valence-electron chi connectivity index (χ3n) is 4.62. The summed E-state index contributed by atoms with van der Waals surface area (Å²) in [7, 11) is -2.68. The lowest BCUT2D eigenvalue weighted by Crippen LogP contribution is -2.44. The molecular weight excluding hydrogens is 332 g/mol. The molecule has 0 amide bonds. The highest BCUT2D eigenvalue weighted by Crippen LogP contribution is 2.46. The van der Waals surface area contributed by atoms with Crippen molar-refractivity contribution in [1.82, 2.24) is 9.79 Å². The standard InChI is InChI=1S/C16H23N2O5S/c1-15(2)8-9-16(3,18(15)20)12-6-5-7-13(10-12)24(21,22)17-11-14(19)23-4/h5-7,10,17H,8-9,11H2,1-4H3. The quantitative estimate of drug-likeness (QED) is 0.809. The average molecular weight is 355 g/mol. The predicted octanol–water partition coefficient (Wildman–Crippen LogP) is 1.57. The maximum atomic E-state index is 12.7. The number of carbonyl (C=O) groups excluding carboxylic acids is 1. The molecule has 1 aromatic rings. The first-order chi connectivity index (χ1) is 11.0. The van der Waals surface area contributed by atoms with Crippen molar-refractivity contribution in [3.8, 4) is 0 Å². The first kappa shape index (κ1) is 18.9. The molecule has 1 fully saturated rings. The lowest BCUT2D eigenvalue weighted by atomic mass is 9.90. The summed E-state index contributed by atoms with van der Waals surface area (Å²) in [4.78, 5) is 11.2. The highest BCUT2D eigenvalue weighted by molar-refractivity contribution is 7.89. The Morgan fingerprint density at radius 1 is 1.29 bits per heavy atom. The van der Waals surface area contributed by atoms with Crippen LogP contribution >= 0.6 is 0 Å². The van der Waals surface area contributed by atoms with E-state index in [0.29, 0.717) is 12.0 Å². The number of rotatable bonds is 5. The Labute approximate surface area is 142 Å². The van der Waals surface area contributed by atoms with Gasteiger partial charge in [-0.15, -0.1) is 10.3 Å². The third kappa shape index (κ3) is 3.46. The second kappa shape index (κ2) is 6.44. The van der Waals surface area contributed by atoms with E-state index in [1.54, 1.807) is 12.1 Å². The van der Waals surface area contributed by atoms with Gasteiger partial charge >= 0.3 is 5.97 Å². The molecule has 7 nitrogen and oxygen atoms in total. The third-order valence-corrected chi connectivity index (χ3v) is 6.02. The second-order valence-corrected chi connectivity index (χ2v) is 8.58. The Hall–Kier alpha value is -1.48. The number of sulfonamides is 1. The van der Waals surface area contributed by atoms with Crippen LogP contribution in [0.15, 0.2) is 29.2 Å². The molecule has 1 saturated heterocycles. The van der Waals surface area contributed by atoms with E-state index in [1.807, 2.05) is 20.8 Å². The molecule has 0 aliphatic carbocycles. The van der Waals surface area contributed by atoms with E-state index in [-0.39, 0.29) is 4.90 Å². The summed E-state index contributed by atoms with van der Waals surface area (Å²) in [6.07, 6.45) is 1.37. The molecule has 1 atom stereocenters. The zero-order valence-corrected chi connectivity index (χ0v) is 15.1. The summed E-state index contributed by atoms with van der Waals surface area (Å²) in [5.41, 5.74) is -0.631. The number of hydrogen-bond donors (Lipinski definition) is 1. The van der Waals surface area contributed by atoms with Crippen LogP contribution in [0.1, 0.15) is 39.2 Å². The molecule has 2 rings (SSSR count). The maximum Gasteiger partial charge on any atom is 0.320 e. The van der Waals surface area contributed by atoms with Crippen molar-refractivity contribution in [3.05, 3.63) is 29.8 Å². The minimum atomic E-state index is -3.86. The highest BCUT2D eigenvalue weighted by Gasteiger charge is 2.49. The molecule has 8 heteroatoms. The van der Waals surface area contributed by atoms with Gasteiger partial charge in [-0.3, -0.25) is 4.79 Å². The molecular formula is C16H23N2O5S. The lowest BCUT2D eigenvalue weighted by molar-refractivity contribution is -0.252. The summed E-state index contributed by atoms with van der Waals surface area (Å²) in [5, 5.41) is 13.7. The van der Waals surface area contributed by atoms with Crippen LogP contribution in [0.2, 0.25) is 0 Å². The predicted molar refractivity (Wildman–Crippen MR) is 86.8 cm³/mol. The number of esters is 1. The van der Waals surface area contributed by atoms with Crippen LogP contribution < -0.4 is 4.72 Å². The molecule has 0 aromatic heterocycles. The first-order valence-electron chi connectivity index (χ1n) is 7.67. The maximum absolute atomic E-state index is 12.7. The van der Waals surface area contributed by atoms with Gasteiger partial charge in [0.1, 0.15) is 6.54 Å². The van der Waals surface area contributed by atoms with E-state index in [4.69, 9.17) is 0 Å². The van der Waals surface area contributed by atoms with E-state index < -0.39 is 33.6 Å². The van der Waals surface area contributed by atoms with Gasteiger partial charge in [0.2, 0.25) is 10.0 Å². The van der Waals surface area contributed by atoms with E-state index in [2.05, 4.69) is 9.46 Å². The van der Waals surface area contributed by atoms with Crippen molar-refractivity contribution < 1.29 is 23.2 Å². The normalized spacial score (nSPS) is 24.0. The van der Waals surface area contributed by atoms with Crippen molar-refractivity contribution >= 4 is 16.0 Å². The number of nitrogens with one attached hydrogen (secondary N) is 1. The first-order valence-corrected chi connectivity index (χ1v) is 9.16. The van der Waals surface area contributed by atoms with Gasteiger partial charge < -0.3 is 4.74 Å². The molecule has 1 aliphatic heterocycles.